The van der Waals surface area contributed by atoms with Crippen LogP contribution in [0.5, 0.6) is 0 Å². The Kier molecular flexibility index (Phi) is 22.9. The summed E-state index contributed by atoms with van der Waals surface area (Å²) in [6.45, 7) is 20.8. The Bertz CT molecular complexity index is 8790. The van der Waals surface area contributed by atoms with Crippen molar-refractivity contribution in [1.29, 1.82) is 0 Å². The van der Waals surface area contributed by atoms with Crippen molar-refractivity contribution in [2.45, 2.75) is 75.8 Å². The fourth-order valence-electron chi connectivity index (χ4n) is 15.8. The number of hydrogen-bond donors (Lipinski definition) is 11. The van der Waals surface area contributed by atoms with Crippen molar-refractivity contribution in [3.8, 4) is 113 Å². The van der Waals surface area contributed by atoms with Gasteiger partial charge in [-0.3, -0.25) is 69.9 Å². The van der Waals surface area contributed by atoms with E-state index in [9.17, 15) is 9.59 Å². The molecule has 0 aliphatic rings. The number of aryl methyl sites for hydroxylation is 4. The Morgan fingerprint density at radius 3 is 0.986 bits per heavy atom. The number of nitrogens with one attached hydrogen (secondary N) is 11. The molecule has 0 bridgehead atoms. The summed E-state index contributed by atoms with van der Waals surface area (Å²) >= 11 is 0. The van der Waals surface area contributed by atoms with Gasteiger partial charge >= 0.3 is 0 Å². The number of hydrogen-bond acceptors (Lipinski definition) is 28. The molecule has 24 aromatic heterocycles. The maximum Gasteiger partial charge on any atom is 0.229 e. The number of fused-ring (bicyclic) bond motifs is 8. The Morgan fingerprint density at radius 2 is 0.671 bits per heavy atom. The molecule has 0 aliphatic carbocycles. The number of rotatable bonds is 19. The van der Waals surface area contributed by atoms with Gasteiger partial charge in [-0.2, -0.15) is 20.4 Å². The van der Waals surface area contributed by atoms with E-state index in [0.717, 1.165) is 191 Å². The fraction of sp³-hybridized carbons (Fsp3) is 0.163. The van der Waals surface area contributed by atoms with Crippen LogP contribution in [0.15, 0.2) is 223 Å². The molecule has 0 aliphatic heterocycles. The quantitative estimate of drug-likeness (QED) is 0.0358. The number of pyridine rings is 12. The van der Waals surface area contributed by atoms with Crippen molar-refractivity contribution >= 4 is 117 Å². The molecule has 0 fully saturated rings. The van der Waals surface area contributed by atoms with Gasteiger partial charge in [-0.15, -0.1) is 0 Å². The van der Waals surface area contributed by atoms with Crippen molar-refractivity contribution in [3.05, 3.63) is 251 Å². The van der Waals surface area contributed by atoms with Gasteiger partial charge in [0.15, 0.2) is 45.9 Å². The molecule has 24 rings (SSSR count). The van der Waals surface area contributed by atoms with Crippen LogP contribution in [0.1, 0.15) is 69.9 Å². The second kappa shape index (κ2) is 36.5. The summed E-state index contributed by atoms with van der Waals surface area (Å²) in [5, 5.41) is 42.3. The predicted molar refractivity (Wildman–Crippen MR) is 531 cm³/mol. The third-order valence-electron chi connectivity index (χ3n) is 23.2. The Hall–Kier alpha value is -18.9. The van der Waals surface area contributed by atoms with E-state index in [1.165, 1.54) is 0 Å². The van der Waals surface area contributed by atoms with Crippen LogP contribution in [0.2, 0.25) is 0 Å². The zero-order valence-electron chi connectivity index (χ0n) is 77.6. The third kappa shape index (κ3) is 17.6. The number of imidazole rings is 8. The maximum absolute atomic E-state index is 12.4. The van der Waals surface area contributed by atoms with Crippen LogP contribution in [0, 0.1) is 39.0 Å². The molecule has 0 unspecified atom stereocenters. The average molecular weight is 1860 g/mol. The van der Waals surface area contributed by atoms with Crippen molar-refractivity contribution in [1.82, 2.24) is 184 Å². The molecule has 140 heavy (non-hydrogen) atoms. The highest BCUT2D eigenvalue weighted by atomic mass is 16.2. The lowest BCUT2D eigenvalue weighted by atomic mass is 9.95. The predicted octanol–water partition coefficient (Wildman–Crippen LogP) is 15.6. The minimum atomic E-state index is -0.513. The minimum absolute atomic E-state index is 0.0655. The SMILES string of the molecule is CCNCc1cncc(-c2cnc3n[nH]c(-c4nc5c(-n6cnc(C)c6)cncc5[nH]4)c3c2)c1.Cc1cn(-c2cncc3[nH]c(-c4[nH]nc5ncc(-c6cncc(N(C)C)c6)cc45)nc23)cn1.Cc1cn(-c2cncc3[nH]c(-c4[nH]nc5ncc(-c6cncc(NC(=O)C(C)(C)C)c6)cc45)nc23)cn1.Cc1cn(-c2cncc3[nH]c(-c4[nH]nc5ncc(-c6cncc(NC(=O)C(C)C)c6)cc45)nc23)cn1. The second-order valence-electron chi connectivity index (χ2n) is 35.0. The summed E-state index contributed by atoms with van der Waals surface area (Å²) in [5.74, 6) is 2.29. The highest BCUT2D eigenvalue weighted by Gasteiger charge is 2.26. The maximum atomic E-state index is 12.4. The smallest absolute Gasteiger partial charge is 0.229 e. The number of H-pyrrole nitrogens is 8. The molecular formula is C98H88N40O2. The highest BCUT2D eigenvalue weighted by molar-refractivity contribution is 6.01. The summed E-state index contributed by atoms with van der Waals surface area (Å²) in [7, 11) is 3.98. The van der Waals surface area contributed by atoms with Crippen LogP contribution in [0.25, 0.3) is 202 Å². The number of anilines is 3. The number of aromatic nitrogens is 36. The van der Waals surface area contributed by atoms with Gasteiger partial charge in [-0.1, -0.05) is 41.5 Å². The zero-order valence-corrected chi connectivity index (χ0v) is 77.6. The van der Waals surface area contributed by atoms with Gasteiger partial charge in [0.2, 0.25) is 11.8 Å². The minimum Gasteiger partial charge on any atom is -0.376 e. The molecule has 0 spiro atoms. The molecule has 692 valence electrons. The van der Waals surface area contributed by atoms with E-state index in [-0.39, 0.29) is 17.7 Å². The summed E-state index contributed by atoms with van der Waals surface area (Å²) in [4.78, 5) is 130. The van der Waals surface area contributed by atoms with Gasteiger partial charge in [-0.05, 0) is 88.3 Å². The van der Waals surface area contributed by atoms with Crippen LogP contribution in [0.4, 0.5) is 17.1 Å². The van der Waals surface area contributed by atoms with Crippen molar-refractivity contribution < 1.29 is 9.59 Å². The van der Waals surface area contributed by atoms with E-state index in [1.54, 1.807) is 112 Å². The fourth-order valence-corrected chi connectivity index (χ4v) is 15.8. The average Bonchev–Trinajstić information content (AvgIpc) is 1.62. The first-order valence-corrected chi connectivity index (χ1v) is 44.6. The zero-order chi connectivity index (χ0) is 96.1. The molecule has 42 nitrogen and oxygen atoms in total. The van der Waals surface area contributed by atoms with E-state index in [2.05, 4.69) is 188 Å². The Labute approximate surface area is 794 Å². The van der Waals surface area contributed by atoms with Crippen LogP contribution < -0.4 is 20.9 Å². The molecular weight excluding hydrogens is 1770 g/mol. The van der Waals surface area contributed by atoms with Gasteiger partial charge in [0.25, 0.3) is 0 Å². The second-order valence-corrected chi connectivity index (χ2v) is 35.0. The topological polar surface area (TPSA) is 529 Å². The van der Waals surface area contributed by atoms with Gasteiger partial charge < -0.3 is 59.1 Å². The van der Waals surface area contributed by atoms with E-state index >= 15 is 0 Å². The number of nitrogens with zero attached hydrogens (tertiary/aromatic N) is 29. The van der Waals surface area contributed by atoms with Crippen LogP contribution >= 0.6 is 0 Å². The van der Waals surface area contributed by atoms with Gasteiger partial charge in [0, 0.05) is 157 Å². The number of carbonyl (C=O) groups is 2. The van der Waals surface area contributed by atoms with Crippen LogP contribution in [0.3, 0.4) is 0 Å². The van der Waals surface area contributed by atoms with Crippen molar-refractivity contribution in [2.24, 2.45) is 11.3 Å². The first-order chi connectivity index (χ1) is 68.0. The molecule has 0 saturated heterocycles. The molecule has 0 saturated carbocycles. The lowest BCUT2D eigenvalue weighted by Gasteiger charge is -2.17. The molecule has 24 heterocycles. The van der Waals surface area contributed by atoms with E-state index < -0.39 is 5.41 Å². The summed E-state index contributed by atoms with van der Waals surface area (Å²) in [5.41, 5.74) is 28.8. The normalized spacial score (nSPS) is 11.6. The van der Waals surface area contributed by atoms with E-state index in [0.29, 0.717) is 68.6 Å². The van der Waals surface area contributed by atoms with Gasteiger partial charge in [-0.25, -0.2) is 59.8 Å². The number of aromatic amines is 8. The van der Waals surface area contributed by atoms with Gasteiger partial charge in [0.05, 0.1) is 200 Å². The van der Waals surface area contributed by atoms with Crippen molar-refractivity contribution in [3.63, 3.8) is 0 Å². The molecule has 24 aromatic rings. The summed E-state index contributed by atoms with van der Waals surface area (Å²) < 4.78 is 7.65. The molecule has 11 N–H and O–H groups in total. The largest absolute Gasteiger partial charge is 0.376 e. The molecule has 42 heteroatoms. The summed E-state index contributed by atoms with van der Waals surface area (Å²) in [6, 6.07) is 16.1. The van der Waals surface area contributed by atoms with E-state index in [4.69, 9.17) is 19.9 Å². The van der Waals surface area contributed by atoms with Crippen LogP contribution in [-0.2, 0) is 16.1 Å². The molecule has 0 aromatic carbocycles. The Morgan fingerprint density at radius 1 is 0.364 bits per heavy atom. The lowest BCUT2D eigenvalue weighted by molar-refractivity contribution is -0.123. The monoisotopic (exact) mass is 1860 g/mol. The van der Waals surface area contributed by atoms with Crippen LogP contribution in [-0.4, -0.2) is 211 Å². The third-order valence-corrected chi connectivity index (χ3v) is 23.2. The molecule has 0 radical (unpaired) electrons. The molecule has 0 atom stereocenters. The first kappa shape index (κ1) is 87.7. The standard InChI is InChI=1S/C26H24N10O.C25H22N10O.C24H22N10.C23H20N10/c1-14-12-36(13-30-14)20-11-28-10-19-22(20)33-24(32-19)21-18-6-16(8-29-23(18)35-34-21)15-5-17(9-27-7-15)31-25(37)26(2,3)4;1-13(2)25(36)30-17-4-15(6-26-8-17)16-5-18-21(33-34-23(18)28-7-16)24-31-19-9-27-10-20(22(19)32-24)35-11-14(3)29-12-35;1-3-25-6-15-4-16(8-26-7-15)17-5-18-21(32-33-23(18)28-9-17)24-30-19-10-27-11-20(22(19)31-24)34-12-14(2)29-13-34;1-13-11-33(12-27-13)19-10-25-9-18-21(19)29-23(28-18)20-17-5-15(7-26-22(17)31-30-20)14-4-16(32(2)3)8-24-6-14/h5-13H,1-4H3,(H,31,37)(H,32,33)(H,29,34,35);4-13H,1-3H3,(H,30,36)(H,31,32)(H,28,33,34);4-5,7-13,25H,3,6H2,1-2H3,(H,30,31)(H,28,32,33);4-12H,1-3H3,(H,28,29)(H,26,30,31). The lowest BCUT2D eigenvalue weighted by Crippen LogP contribution is -2.27. The van der Waals surface area contributed by atoms with Crippen molar-refractivity contribution in [2.75, 3.05) is 36.2 Å². The van der Waals surface area contributed by atoms with E-state index in [1.807, 2.05) is 186 Å². The number of amides is 2. The highest BCUT2D eigenvalue weighted by Crippen LogP contribution is 2.38. The van der Waals surface area contributed by atoms with Gasteiger partial charge in [0.1, 0.15) is 44.8 Å². The number of carbonyl (C=O) groups excluding carboxylic acids is 2. The molecule has 2 amide bonds. The first-order valence-electron chi connectivity index (χ1n) is 44.6. The summed E-state index contributed by atoms with van der Waals surface area (Å²) in [6.07, 6.45) is 50.1. The Balaban J connectivity index is 0.000000111.